The van der Waals surface area contributed by atoms with Crippen molar-refractivity contribution in [1.29, 1.82) is 0 Å². The molecular weight excluding hydrogens is 456 g/mol. The molecule has 196 valence electrons. The lowest BCUT2D eigenvalue weighted by Crippen LogP contribution is -2.61. The predicted molar refractivity (Wildman–Crippen MR) is 146 cm³/mol. The maximum Gasteiger partial charge on any atom is 0.226 e. The summed E-state index contributed by atoms with van der Waals surface area (Å²) in [7, 11) is 0. The molecule has 6 rings (SSSR count). The largest absolute Gasteiger partial charge is 0.353 e. The number of carbonyl (C=O) groups excluding carboxylic acids is 2. The minimum Gasteiger partial charge on any atom is -0.353 e. The first kappa shape index (κ1) is 24.7. The van der Waals surface area contributed by atoms with Gasteiger partial charge in [0, 0.05) is 31.5 Å². The fraction of sp³-hybridized carbons (Fsp3) is 0.576. The first-order valence-corrected chi connectivity index (χ1v) is 14.5. The van der Waals surface area contributed by atoms with Crippen molar-refractivity contribution in [1.82, 2.24) is 10.2 Å². The Labute approximate surface area is 222 Å². The van der Waals surface area contributed by atoms with Crippen LogP contribution in [-0.4, -0.2) is 22.8 Å². The maximum absolute atomic E-state index is 14.4. The Morgan fingerprint density at radius 1 is 0.811 bits per heavy atom. The molecule has 2 unspecified atom stereocenters. The average Bonchev–Trinajstić information content (AvgIpc) is 3.27. The second kappa shape index (κ2) is 9.60. The zero-order valence-corrected chi connectivity index (χ0v) is 22.5. The molecule has 0 radical (unpaired) electrons. The number of hydrogen-bond acceptors (Lipinski definition) is 2. The van der Waals surface area contributed by atoms with Gasteiger partial charge < -0.3 is 10.2 Å². The summed E-state index contributed by atoms with van der Waals surface area (Å²) < 4.78 is 0. The van der Waals surface area contributed by atoms with E-state index in [1.54, 1.807) is 0 Å². The van der Waals surface area contributed by atoms with E-state index in [2.05, 4.69) is 72.6 Å². The number of hydrogen-bond donors (Lipinski definition) is 1. The quantitative estimate of drug-likeness (QED) is 0.522. The molecule has 0 spiro atoms. The molecule has 37 heavy (non-hydrogen) atoms. The van der Waals surface area contributed by atoms with Crippen molar-refractivity contribution in [2.75, 3.05) is 0 Å². The summed E-state index contributed by atoms with van der Waals surface area (Å²) in [6, 6.07) is 21.2. The number of amides is 2. The molecule has 4 nitrogen and oxygen atoms in total. The summed E-state index contributed by atoms with van der Waals surface area (Å²) in [5.41, 5.74) is 2.68. The van der Waals surface area contributed by atoms with Crippen LogP contribution in [0.25, 0.3) is 0 Å². The van der Waals surface area contributed by atoms with E-state index in [-0.39, 0.29) is 22.7 Å². The molecule has 3 aliphatic carbocycles. The smallest absolute Gasteiger partial charge is 0.226 e. The molecule has 3 saturated carbocycles. The molecule has 1 N–H and O–H groups in total. The third kappa shape index (κ3) is 4.30. The molecule has 2 aromatic rings. The normalized spacial score (nSPS) is 36.6. The lowest BCUT2D eigenvalue weighted by Gasteiger charge is -2.60. The lowest BCUT2D eigenvalue weighted by atomic mass is 9.47. The van der Waals surface area contributed by atoms with Gasteiger partial charge in [-0.1, -0.05) is 74.5 Å². The number of fused-ring (bicyclic) bond motifs is 5. The van der Waals surface area contributed by atoms with Crippen molar-refractivity contribution in [3.05, 3.63) is 71.8 Å². The van der Waals surface area contributed by atoms with Crippen LogP contribution < -0.4 is 5.32 Å². The SMILES string of the molecule is C[C@]12CCC(=O)NC1CC[C@@H]1[C@H]2CC[C@]2(C)C(C(=O)N(Cc3ccccc3)Cc3ccccc3)CC[C@@H]12. The van der Waals surface area contributed by atoms with Crippen molar-refractivity contribution < 1.29 is 9.59 Å². The molecule has 2 amide bonds. The van der Waals surface area contributed by atoms with E-state index in [1.807, 2.05) is 12.1 Å². The van der Waals surface area contributed by atoms with Gasteiger partial charge in [0.05, 0.1) is 0 Å². The Hall–Kier alpha value is -2.62. The second-order valence-corrected chi connectivity index (χ2v) is 12.9. The summed E-state index contributed by atoms with van der Waals surface area (Å²) >= 11 is 0. The minimum atomic E-state index is 0.0744. The molecule has 4 fully saturated rings. The third-order valence-corrected chi connectivity index (χ3v) is 11.1. The molecule has 4 aliphatic rings. The van der Waals surface area contributed by atoms with Gasteiger partial charge in [-0.25, -0.2) is 0 Å². The summed E-state index contributed by atoms with van der Waals surface area (Å²) in [5, 5.41) is 3.35. The lowest BCUT2D eigenvalue weighted by molar-refractivity contribution is -0.148. The Balaban J connectivity index is 1.24. The van der Waals surface area contributed by atoms with E-state index in [1.165, 1.54) is 30.4 Å². The fourth-order valence-corrected chi connectivity index (χ4v) is 9.15. The van der Waals surface area contributed by atoms with Gasteiger partial charge in [0.15, 0.2) is 0 Å². The van der Waals surface area contributed by atoms with E-state index in [0.717, 1.165) is 25.7 Å². The maximum atomic E-state index is 14.4. The summed E-state index contributed by atoms with van der Waals surface area (Å²) in [6.45, 7) is 6.23. The van der Waals surface area contributed by atoms with Crippen LogP contribution in [0.3, 0.4) is 0 Å². The van der Waals surface area contributed by atoms with Crippen LogP contribution in [0.2, 0.25) is 0 Å². The Kier molecular flexibility index (Phi) is 6.41. The molecule has 1 saturated heterocycles. The Bertz CT molecular complexity index is 1090. The molecule has 1 heterocycles. The highest BCUT2D eigenvalue weighted by molar-refractivity contribution is 5.80. The van der Waals surface area contributed by atoms with E-state index < -0.39 is 0 Å². The monoisotopic (exact) mass is 498 g/mol. The standard InChI is InChI=1S/C33H42N2O2/c1-32-19-17-27-25(13-16-29-33(27,2)20-18-30(36)34-29)26(32)14-15-28(32)31(37)35(21-23-9-5-3-6-10-23)22-24-11-7-4-8-12-24/h3-12,25-29H,13-22H2,1-2H3,(H,34,36)/t25-,26-,27+,28?,29?,32-,33+/m0/s1. The third-order valence-electron chi connectivity index (χ3n) is 11.1. The number of carbonyl (C=O) groups is 2. The van der Waals surface area contributed by atoms with Gasteiger partial charge >= 0.3 is 0 Å². The van der Waals surface area contributed by atoms with Crippen LogP contribution in [0.1, 0.15) is 76.3 Å². The first-order valence-electron chi connectivity index (χ1n) is 14.5. The molecule has 2 aromatic carbocycles. The van der Waals surface area contributed by atoms with Crippen LogP contribution in [0, 0.1) is 34.5 Å². The number of piperidine rings is 1. The molecule has 7 atom stereocenters. The topological polar surface area (TPSA) is 49.4 Å². The van der Waals surface area contributed by atoms with Crippen molar-refractivity contribution in [2.45, 2.75) is 84.3 Å². The van der Waals surface area contributed by atoms with Gasteiger partial charge in [0.2, 0.25) is 11.8 Å². The minimum absolute atomic E-state index is 0.0744. The number of rotatable bonds is 5. The number of nitrogens with one attached hydrogen (secondary N) is 1. The highest BCUT2D eigenvalue weighted by Crippen LogP contribution is 2.65. The summed E-state index contributed by atoms with van der Waals surface area (Å²) in [6.07, 6.45) is 8.52. The molecule has 0 bridgehead atoms. The van der Waals surface area contributed by atoms with Crippen LogP contribution in [-0.2, 0) is 22.7 Å². The second-order valence-electron chi connectivity index (χ2n) is 12.9. The highest BCUT2D eigenvalue weighted by Gasteiger charge is 2.61. The van der Waals surface area contributed by atoms with E-state index >= 15 is 0 Å². The van der Waals surface area contributed by atoms with Gasteiger partial charge in [-0.3, -0.25) is 9.59 Å². The van der Waals surface area contributed by atoms with Crippen molar-refractivity contribution in [2.24, 2.45) is 34.5 Å². The van der Waals surface area contributed by atoms with Crippen molar-refractivity contribution in [3.63, 3.8) is 0 Å². The zero-order chi connectivity index (χ0) is 25.6. The fourth-order valence-electron chi connectivity index (χ4n) is 9.15. The first-order chi connectivity index (χ1) is 17.9. The summed E-state index contributed by atoms with van der Waals surface area (Å²) in [4.78, 5) is 28.7. The molecule has 4 heteroatoms. The van der Waals surface area contributed by atoms with Crippen LogP contribution in [0.5, 0.6) is 0 Å². The molecule has 1 aliphatic heterocycles. The van der Waals surface area contributed by atoms with Gasteiger partial charge in [-0.2, -0.15) is 0 Å². The van der Waals surface area contributed by atoms with Crippen LogP contribution >= 0.6 is 0 Å². The average molecular weight is 499 g/mol. The van der Waals surface area contributed by atoms with E-state index in [9.17, 15) is 9.59 Å². The van der Waals surface area contributed by atoms with Gasteiger partial charge in [0.1, 0.15) is 0 Å². The Morgan fingerprint density at radius 3 is 2.08 bits per heavy atom. The molecule has 0 aromatic heterocycles. The Morgan fingerprint density at radius 2 is 1.43 bits per heavy atom. The molecular formula is C33H42N2O2. The van der Waals surface area contributed by atoms with Crippen molar-refractivity contribution >= 4 is 11.8 Å². The van der Waals surface area contributed by atoms with Crippen LogP contribution in [0.15, 0.2) is 60.7 Å². The predicted octanol–water partition coefficient (Wildman–Crippen LogP) is 6.35. The number of benzene rings is 2. The van der Waals surface area contributed by atoms with Gasteiger partial charge in [0.25, 0.3) is 0 Å². The summed E-state index contributed by atoms with van der Waals surface area (Å²) in [5.74, 6) is 2.66. The zero-order valence-electron chi connectivity index (χ0n) is 22.5. The van der Waals surface area contributed by atoms with Crippen molar-refractivity contribution in [3.8, 4) is 0 Å². The van der Waals surface area contributed by atoms with Gasteiger partial charge in [-0.15, -0.1) is 0 Å². The van der Waals surface area contributed by atoms with Gasteiger partial charge in [-0.05, 0) is 84.7 Å². The van der Waals surface area contributed by atoms with E-state index in [4.69, 9.17) is 0 Å². The highest BCUT2D eigenvalue weighted by atomic mass is 16.2. The van der Waals surface area contributed by atoms with Crippen LogP contribution in [0.4, 0.5) is 0 Å². The number of nitrogens with zero attached hydrogens (tertiary/aromatic N) is 1. The van der Waals surface area contributed by atoms with E-state index in [0.29, 0.717) is 49.2 Å².